The molecule has 0 amide bonds. The van der Waals surface area contributed by atoms with Crippen LogP contribution < -0.4 is 10.0 Å². The maximum Gasteiger partial charge on any atom is 0.321 e. The van der Waals surface area contributed by atoms with Crippen LogP contribution in [0.15, 0.2) is 4.52 Å². The van der Waals surface area contributed by atoms with Crippen LogP contribution in [0.5, 0.6) is 0 Å². The van der Waals surface area contributed by atoms with Gasteiger partial charge in [0.1, 0.15) is 0 Å². The van der Waals surface area contributed by atoms with E-state index in [1.165, 1.54) is 0 Å². The second kappa shape index (κ2) is 7.85. The van der Waals surface area contributed by atoms with Crippen LogP contribution in [0, 0.1) is 5.92 Å². The van der Waals surface area contributed by atoms with Crippen molar-refractivity contribution in [1.82, 2.24) is 14.9 Å². The molecule has 2 aliphatic carbocycles. The lowest BCUT2D eigenvalue weighted by Crippen LogP contribution is -2.42. The average molecular weight is 421 g/mol. The molecular formula is C18H30F2N4O3S. The quantitative estimate of drug-likeness (QED) is 0.729. The molecule has 2 aliphatic rings. The Kier molecular flexibility index (Phi) is 6.01. The predicted octanol–water partition coefficient (Wildman–Crippen LogP) is 3.66. The Hall–Kier alpha value is -1.29. The summed E-state index contributed by atoms with van der Waals surface area (Å²) in [7, 11) is -3.33. The van der Waals surface area contributed by atoms with Crippen LogP contribution in [0.1, 0.15) is 77.5 Å². The maximum atomic E-state index is 13.4. The molecule has 0 aromatic carbocycles. The molecule has 1 atom stereocenters. The van der Waals surface area contributed by atoms with E-state index in [2.05, 4.69) is 20.2 Å². The first-order valence-corrected chi connectivity index (χ1v) is 11.4. The molecule has 28 heavy (non-hydrogen) atoms. The first-order chi connectivity index (χ1) is 13.0. The van der Waals surface area contributed by atoms with E-state index < -0.39 is 20.7 Å². The van der Waals surface area contributed by atoms with Gasteiger partial charge in [-0.3, -0.25) is 0 Å². The van der Waals surface area contributed by atoms with E-state index in [1.807, 2.05) is 0 Å². The van der Waals surface area contributed by atoms with Crippen LogP contribution in [0.2, 0.25) is 0 Å². The van der Waals surface area contributed by atoms with Crippen molar-refractivity contribution in [1.29, 1.82) is 0 Å². The molecule has 0 bridgehead atoms. The van der Waals surface area contributed by atoms with Crippen LogP contribution in [-0.2, 0) is 10.0 Å². The highest BCUT2D eigenvalue weighted by Crippen LogP contribution is 2.43. The second-order valence-electron chi connectivity index (χ2n) is 9.08. The molecule has 2 N–H and O–H groups in total. The van der Waals surface area contributed by atoms with Crippen molar-refractivity contribution in [3.05, 3.63) is 5.82 Å². The van der Waals surface area contributed by atoms with Crippen molar-refractivity contribution in [3.8, 4) is 0 Å². The van der Waals surface area contributed by atoms with Gasteiger partial charge in [-0.05, 0) is 58.8 Å². The van der Waals surface area contributed by atoms with Crippen LogP contribution in [0.3, 0.4) is 0 Å². The van der Waals surface area contributed by atoms with E-state index in [0.29, 0.717) is 24.7 Å². The number of anilines is 1. The minimum Gasteiger partial charge on any atom is -0.335 e. The zero-order valence-corrected chi connectivity index (χ0v) is 17.5. The highest BCUT2D eigenvalue weighted by atomic mass is 32.2. The van der Waals surface area contributed by atoms with Gasteiger partial charge in [0.05, 0.1) is 4.75 Å². The van der Waals surface area contributed by atoms with Crippen molar-refractivity contribution < 1.29 is 21.7 Å². The van der Waals surface area contributed by atoms with Crippen molar-refractivity contribution in [3.63, 3.8) is 0 Å². The number of sulfonamides is 1. The van der Waals surface area contributed by atoms with E-state index in [9.17, 15) is 17.2 Å². The Morgan fingerprint density at radius 3 is 2.43 bits per heavy atom. The Balaban J connectivity index is 1.44. The molecule has 1 heterocycles. The third-order valence-electron chi connectivity index (χ3n) is 5.75. The highest BCUT2D eigenvalue weighted by molar-refractivity contribution is 7.90. The molecular weight excluding hydrogens is 390 g/mol. The van der Waals surface area contributed by atoms with Gasteiger partial charge in [-0.2, -0.15) is 4.98 Å². The van der Waals surface area contributed by atoms with E-state index in [4.69, 9.17) is 4.52 Å². The fourth-order valence-electron chi connectivity index (χ4n) is 3.76. The number of alkyl halides is 2. The van der Waals surface area contributed by atoms with Crippen molar-refractivity contribution in [2.45, 2.75) is 88.3 Å². The SMILES string of the molecule is CC(C)(C)S(=O)(=O)NCC1CCC(Nc2nc(C3CCC(F)(F)C3)no2)CC1. The molecule has 1 unspecified atom stereocenters. The number of rotatable bonds is 6. The van der Waals surface area contributed by atoms with E-state index in [-0.39, 0.29) is 30.8 Å². The minimum atomic E-state index is -3.33. The fraction of sp³-hybridized carbons (Fsp3) is 0.889. The van der Waals surface area contributed by atoms with Gasteiger partial charge in [-0.1, -0.05) is 5.16 Å². The van der Waals surface area contributed by atoms with Crippen LogP contribution in [0.25, 0.3) is 0 Å². The Labute approximate surface area is 165 Å². The van der Waals surface area contributed by atoms with Crippen molar-refractivity contribution in [2.75, 3.05) is 11.9 Å². The Bertz CT molecular complexity index is 768. The molecule has 2 fully saturated rings. The van der Waals surface area contributed by atoms with Gasteiger partial charge in [0.2, 0.25) is 15.9 Å². The van der Waals surface area contributed by atoms with Gasteiger partial charge in [-0.15, -0.1) is 0 Å². The molecule has 0 spiro atoms. The first-order valence-electron chi connectivity index (χ1n) is 9.92. The zero-order valence-electron chi connectivity index (χ0n) is 16.7. The fourth-order valence-corrected chi connectivity index (χ4v) is 4.65. The van der Waals surface area contributed by atoms with Crippen LogP contribution >= 0.6 is 0 Å². The lowest BCUT2D eigenvalue weighted by atomic mass is 9.86. The smallest absolute Gasteiger partial charge is 0.321 e. The van der Waals surface area contributed by atoms with Gasteiger partial charge in [0.15, 0.2) is 5.82 Å². The Morgan fingerprint density at radius 2 is 1.86 bits per heavy atom. The molecule has 0 saturated heterocycles. The second-order valence-corrected chi connectivity index (χ2v) is 11.6. The number of nitrogens with zero attached hydrogens (tertiary/aromatic N) is 2. The summed E-state index contributed by atoms with van der Waals surface area (Å²) >= 11 is 0. The van der Waals surface area contributed by atoms with Gasteiger partial charge in [0.25, 0.3) is 0 Å². The van der Waals surface area contributed by atoms with Crippen LogP contribution in [-0.4, -0.2) is 41.8 Å². The summed E-state index contributed by atoms with van der Waals surface area (Å²) in [4.78, 5) is 4.25. The van der Waals surface area contributed by atoms with Crippen molar-refractivity contribution >= 4 is 16.0 Å². The van der Waals surface area contributed by atoms with Gasteiger partial charge < -0.3 is 9.84 Å². The number of hydrogen-bond acceptors (Lipinski definition) is 6. The molecule has 0 radical (unpaired) electrons. The highest BCUT2D eigenvalue weighted by Gasteiger charge is 2.42. The lowest BCUT2D eigenvalue weighted by Gasteiger charge is -2.29. The summed E-state index contributed by atoms with van der Waals surface area (Å²) in [6.45, 7) is 5.50. The molecule has 10 heteroatoms. The Morgan fingerprint density at radius 1 is 1.18 bits per heavy atom. The van der Waals surface area contributed by atoms with Gasteiger partial charge >= 0.3 is 6.01 Å². The third-order valence-corrected chi connectivity index (χ3v) is 7.91. The first kappa shape index (κ1) is 21.4. The number of halogens is 2. The molecule has 160 valence electrons. The molecule has 3 rings (SSSR count). The molecule has 1 aromatic rings. The molecule has 2 saturated carbocycles. The number of nitrogens with one attached hydrogen (secondary N) is 2. The predicted molar refractivity (Wildman–Crippen MR) is 102 cm³/mol. The lowest BCUT2D eigenvalue weighted by molar-refractivity contribution is 0.00749. The maximum absolute atomic E-state index is 13.4. The zero-order chi connectivity index (χ0) is 20.6. The third kappa shape index (κ3) is 5.20. The summed E-state index contributed by atoms with van der Waals surface area (Å²) in [5.74, 6) is -2.33. The summed E-state index contributed by atoms with van der Waals surface area (Å²) in [6.07, 6.45) is 3.53. The molecule has 1 aromatic heterocycles. The monoisotopic (exact) mass is 420 g/mol. The minimum absolute atomic E-state index is 0.127. The normalized spacial score (nSPS) is 28.4. The summed E-state index contributed by atoms with van der Waals surface area (Å²) in [5, 5.41) is 7.06. The van der Waals surface area contributed by atoms with Gasteiger partial charge in [0, 0.05) is 31.3 Å². The van der Waals surface area contributed by atoms with Gasteiger partial charge in [-0.25, -0.2) is 21.9 Å². The topological polar surface area (TPSA) is 97.1 Å². The number of hydrogen-bond donors (Lipinski definition) is 2. The molecule has 7 nitrogen and oxygen atoms in total. The molecule has 0 aliphatic heterocycles. The number of aromatic nitrogens is 2. The van der Waals surface area contributed by atoms with E-state index in [0.717, 1.165) is 25.7 Å². The standard InChI is InChI=1S/C18H30F2N4O3S/c1-17(2,3)28(25,26)21-11-12-4-6-14(7-5-12)22-16-23-15(24-27-16)13-8-9-18(19,20)10-13/h12-14,21H,4-11H2,1-3H3,(H,22,23,24). The van der Waals surface area contributed by atoms with E-state index >= 15 is 0 Å². The summed E-state index contributed by atoms with van der Waals surface area (Å²) < 4.78 is 58.1. The largest absolute Gasteiger partial charge is 0.335 e. The van der Waals surface area contributed by atoms with Crippen molar-refractivity contribution in [2.24, 2.45) is 5.92 Å². The summed E-state index contributed by atoms with van der Waals surface area (Å²) in [5.41, 5.74) is 0. The average Bonchev–Trinajstić information content (AvgIpc) is 3.19. The van der Waals surface area contributed by atoms with Crippen LogP contribution in [0.4, 0.5) is 14.8 Å². The van der Waals surface area contributed by atoms with E-state index in [1.54, 1.807) is 20.8 Å². The summed E-state index contributed by atoms with van der Waals surface area (Å²) in [6, 6.07) is 0.441.